The molecule has 2 aromatic rings. The predicted octanol–water partition coefficient (Wildman–Crippen LogP) is 4.23. The first-order valence-corrected chi connectivity index (χ1v) is 5.72. The van der Waals surface area contributed by atoms with Gasteiger partial charge >= 0.3 is 0 Å². The van der Waals surface area contributed by atoms with Gasteiger partial charge in [0.15, 0.2) is 6.10 Å². The van der Waals surface area contributed by atoms with Crippen LogP contribution in [0.4, 0.5) is 4.39 Å². The van der Waals surface area contributed by atoms with E-state index in [1.165, 1.54) is 6.07 Å². The highest BCUT2D eigenvalue weighted by Gasteiger charge is 2.16. The van der Waals surface area contributed by atoms with Gasteiger partial charge in [-0.15, -0.1) is 6.42 Å². The van der Waals surface area contributed by atoms with Gasteiger partial charge in [0.05, 0.1) is 5.02 Å². The summed E-state index contributed by atoms with van der Waals surface area (Å²) >= 11 is 5.72. The second kappa shape index (κ2) is 5.57. The number of para-hydroxylation sites is 1. The van der Waals surface area contributed by atoms with Crippen molar-refractivity contribution in [2.24, 2.45) is 0 Å². The van der Waals surface area contributed by atoms with Crippen molar-refractivity contribution in [1.82, 2.24) is 0 Å². The molecule has 2 aromatic carbocycles. The standard InChI is InChI=1S/C15H10ClFO/c1-2-14(18-11-7-4-3-5-8-11)12-9-6-10-13(16)15(12)17/h1,3-10,14H. The lowest BCUT2D eigenvalue weighted by Gasteiger charge is -2.15. The van der Waals surface area contributed by atoms with Crippen LogP contribution in [-0.2, 0) is 0 Å². The zero-order valence-electron chi connectivity index (χ0n) is 9.44. The third-order valence-corrected chi connectivity index (χ3v) is 2.70. The average Bonchev–Trinajstić information content (AvgIpc) is 2.41. The molecule has 1 unspecified atom stereocenters. The number of terminal acetylenes is 1. The van der Waals surface area contributed by atoms with E-state index in [9.17, 15) is 4.39 Å². The summed E-state index contributed by atoms with van der Waals surface area (Å²) in [6, 6.07) is 13.7. The number of ether oxygens (including phenoxy) is 1. The third-order valence-electron chi connectivity index (χ3n) is 2.41. The molecule has 0 amide bonds. The van der Waals surface area contributed by atoms with E-state index in [0.29, 0.717) is 5.75 Å². The molecule has 0 aromatic heterocycles. The van der Waals surface area contributed by atoms with E-state index in [-0.39, 0.29) is 10.6 Å². The maximum absolute atomic E-state index is 13.8. The number of hydrogen-bond donors (Lipinski definition) is 0. The molecule has 0 N–H and O–H groups in total. The van der Waals surface area contributed by atoms with Gasteiger partial charge in [-0.3, -0.25) is 0 Å². The molecule has 0 fully saturated rings. The van der Waals surface area contributed by atoms with Crippen molar-refractivity contribution >= 4 is 11.6 Å². The Morgan fingerprint density at radius 3 is 2.50 bits per heavy atom. The second-order valence-corrected chi connectivity index (χ2v) is 4.03. The van der Waals surface area contributed by atoms with E-state index in [4.69, 9.17) is 22.8 Å². The quantitative estimate of drug-likeness (QED) is 0.751. The fourth-order valence-electron chi connectivity index (χ4n) is 1.55. The summed E-state index contributed by atoms with van der Waals surface area (Å²) in [5, 5.41) is 0.0319. The molecule has 0 radical (unpaired) electrons. The Balaban J connectivity index is 2.30. The van der Waals surface area contributed by atoms with Crippen LogP contribution in [0.1, 0.15) is 11.7 Å². The van der Waals surface area contributed by atoms with Crippen LogP contribution >= 0.6 is 11.6 Å². The van der Waals surface area contributed by atoms with Crippen molar-refractivity contribution in [3.63, 3.8) is 0 Å². The van der Waals surface area contributed by atoms with Gasteiger partial charge < -0.3 is 4.74 Å². The van der Waals surface area contributed by atoms with Gasteiger partial charge in [-0.05, 0) is 18.2 Å². The number of rotatable bonds is 3. The van der Waals surface area contributed by atoms with Crippen molar-refractivity contribution in [3.05, 3.63) is 64.9 Å². The minimum Gasteiger partial charge on any atom is -0.473 e. The van der Waals surface area contributed by atoms with E-state index >= 15 is 0 Å². The van der Waals surface area contributed by atoms with Crippen molar-refractivity contribution in [3.8, 4) is 18.1 Å². The maximum atomic E-state index is 13.8. The molecular formula is C15H10ClFO. The number of hydrogen-bond acceptors (Lipinski definition) is 1. The lowest BCUT2D eigenvalue weighted by atomic mass is 10.1. The summed E-state index contributed by atoms with van der Waals surface area (Å²) in [4.78, 5) is 0. The summed E-state index contributed by atoms with van der Waals surface area (Å²) in [7, 11) is 0. The topological polar surface area (TPSA) is 9.23 Å². The van der Waals surface area contributed by atoms with Gasteiger partial charge in [0, 0.05) is 5.56 Å². The van der Waals surface area contributed by atoms with Gasteiger partial charge in [-0.25, -0.2) is 4.39 Å². The Hall–Kier alpha value is -1.98. The molecule has 0 heterocycles. The van der Waals surface area contributed by atoms with Crippen molar-refractivity contribution in [1.29, 1.82) is 0 Å². The van der Waals surface area contributed by atoms with E-state index in [0.717, 1.165) is 0 Å². The van der Waals surface area contributed by atoms with Crippen molar-refractivity contribution < 1.29 is 9.13 Å². The van der Waals surface area contributed by atoms with Crippen LogP contribution < -0.4 is 4.74 Å². The molecule has 0 saturated heterocycles. The maximum Gasteiger partial charge on any atom is 0.186 e. The molecule has 0 saturated carbocycles. The highest BCUT2D eigenvalue weighted by Crippen LogP contribution is 2.26. The number of benzene rings is 2. The Labute approximate surface area is 110 Å². The summed E-state index contributed by atoms with van der Waals surface area (Å²) in [5.74, 6) is 2.45. The lowest BCUT2D eigenvalue weighted by Crippen LogP contribution is -2.07. The van der Waals surface area contributed by atoms with Crippen LogP contribution in [0.25, 0.3) is 0 Å². The fourth-order valence-corrected chi connectivity index (χ4v) is 1.73. The summed E-state index contributed by atoms with van der Waals surface area (Å²) < 4.78 is 19.4. The Morgan fingerprint density at radius 1 is 1.11 bits per heavy atom. The monoisotopic (exact) mass is 260 g/mol. The zero-order valence-corrected chi connectivity index (χ0v) is 10.2. The van der Waals surface area contributed by atoms with Crippen LogP contribution in [0.5, 0.6) is 5.75 Å². The SMILES string of the molecule is C#CC(Oc1ccccc1)c1cccc(Cl)c1F. The minimum absolute atomic E-state index is 0.0319. The zero-order chi connectivity index (χ0) is 13.0. The molecule has 0 spiro atoms. The highest BCUT2D eigenvalue weighted by atomic mass is 35.5. The first kappa shape index (κ1) is 12.5. The van der Waals surface area contributed by atoms with Crippen LogP contribution in [0, 0.1) is 18.2 Å². The van der Waals surface area contributed by atoms with Gasteiger partial charge in [0.1, 0.15) is 11.6 Å². The largest absolute Gasteiger partial charge is 0.473 e. The molecule has 0 aliphatic heterocycles. The molecule has 0 bridgehead atoms. The number of halogens is 2. The molecule has 3 heteroatoms. The van der Waals surface area contributed by atoms with Crippen molar-refractivity contribution in [2.45, 2.75) is 6.10 Å². The van der Waals surface area contributed by atoms with Gasteiger partial charge in [0.25, 0.3) is 0 Å². The molecular weight excluding hydrogens is 251 g/mol. The smallest absolute Gasteiger partial charge is 0.186 e. The third kappa shape index (κ3) is 2.64. The van der Waals surface area contributed by atoms with Crippen LogP contribution in [-0.4, -0.2) is 0 Å². The van der Waals surface area contributed by atoms with E-state index in [1.54, 1.807) is 24.3 Å². The molecule has 0 aliphatic rings. The Morgan fingerprint density at radius 2 is 1.83 bits per heavy atom. The molecule has 1 atom stereocenters. The van der Waals surface area contributed by atoms with Crippen molar-refractivity contribution in [2.75, 3.05) is 0 Å². The summed E-state index contributed by atoms with van der Waals surface area (Å²) in [6.45, 7) is 0. The van der Waals surface area contributed by atoms with Gasteiger partial charge in [-0.2, -0.15) is 0 Å². The van der Waals surface area contributed by atoms with Crippen LogP contribution in [0.15, 0.2) is 48.5 Å². The fraction of sp³-hybridized carbons (Fsp3) is 0.0667. The minimum atomic E-state index is -0.800. The Bertz CT molecular complexity index is 575. The van der Waals surface area contributed by atoms with Crippen LogP contribution in [0.2, 0.25) is 5.02 Å². The van der Waals surface area contributed by atoms with E-state index in [2.05, 4.69) is 5.92 Å². The molecule has 2 rings (SSSR count). The summed E-state index contributed by atoms with van der Waals surface area (Å²) in [5.41, 5.74) is 0.258. The first-order chi connectivity index (χ1) is 8.72. The second-order valence-electron chi connectivity index (χ2n) is 3.62. The molecule has 1 nitrogen and oxygen atoms in total. The van der Waals surface area contributed by atoms with Gasteiger partial charge in [0.2, 0.25) is 0 Å². The normalized spacial score (nSPS) is 11.6. The van der Waals surface area contributed by atoms with E-state index in [1.807, 2.05) is 18.2 Å². The molecule has 90 valence electrons. The lowest BCUT2D eigenvalue weighted by molar-refractivity contribution is 0.259. The van der Waals surface area contributed by atoms with E-state index < -0.39 is 11.9 Å². The highest BCUT2D eigenvalue weighted by molar-refractivity contribution is 6.30. The van der Waals surface area contributed by atoms with Gasteiger partial charge in [-0.1, -0.05) is 47.9 Å². The first-order valence-electron chi connectivity index (χ1n) is 5.34. The predicted molar refractivity (Wildman–Crippen MR) is 70.1 cm³/mol. The average molecular weight is 261 g/mol. The molecule has 0 aliphatic carbocycles. The molecule has 18 heavy (non-hydrogen) atoms. The Kier molecular flexibility index (Phi) is 3.86. The van der Waals surface area contributed by atoms with Crippen LogP contribution in [0.3, 0.4) is 0 Å². The summed E-state index contributed by atoms with van der Waals surface area (Å²) in [6.07, 6.45) is 4.59.